The van der Waals surface area contributed by atoms with Crippen LogP contribution in [0.5, 0.6) is 0 Å². The van der Waals surface area contributed by atoms with Gasteiger partial charge in [-0.25, -0.2) is 13.2 Å². The van der Waals surface area contributed by atoms with Crippen molar-refractivity contribution in [1.82, 2.24) is 9.80 Å². The Bertz CT molecular complexity index is 881. The summed E-state index contributed by atoms with van der Waals surface area (Å²) in [5.74, 6) is -0.920. The maximum Gasteiger partial charge on any atom is 0.332 e. The van der Waals surface area contributed by atoms with E-state index in [1.165, 1.54) is 16.8 Å². The smallest absolute Gasteiger partial charge is 0.332 e. The van der Waals surface area contributed by atoms with Gasteiger partial charge in [0.25, 0.3) is 5.91 Å². The molecule has 0 spiro atoms. The summed E-state index contributed by atoms with van der Waals surface area (Å²) in [6, 6.07) is 5.56. The van der Waals surface area contributed by atoms with Crippen molar-refractivity contribution < 1.29 is 22.8 Å². The van der Waals surface area contributed by atoms with Gasteiger partial charge in [0, 0.05) is 18.8 Å². The summed E-state index contributed by atoms with van der Waals surface area (Å²) < 4.78 is 23.2. The number of benzene rings is 1. The Kier molecular flexibility index (Phi) is 4.98. The molecule has 1 aromatic carbocycles. The van der Waals surface area contributed by atoms with Crippen molar-refractivity contribution in [2.24, 2.45) is 0 Å². The van der Waals surface area contributed by atoms with Gasteiger partial charge in [-0.3, -0.25) is 19.4 Å². The maximum atomic E-state index is 12.8. The number of imide groups is 1. The number of anilines is 1. The average Bonchev–Trinajstić information content (AvgIpc) is 3.08. The van der Waals surface area contributed by atoms with Gasteiger partial charge in [0.15, 0.2) is 9.84 Å². The van der Waals surface area contributed by atoms with Gasteiger partial charge in [-0.05, 0) is 32.4 Å². The van der Waals surface area contributed by atoms with E-state index >= 15 is 0 Å². The SMILES string of the molecule is Cc1ccc(N2C(=O)N(CC(=O)N(C)[C@@H]3CCS(=O)(=O)C3)C(=O)[C@@H]2C)cc1. The van der Waals surface area contributed by atoms with Crippen molar-refractivity contribution >= 4 is 33.4 Å². The third-order valence-electron chi connectivity index (χ3n) is 5.20. The molecule has 0 radical (unpaired) electrons. The van der Waals surface area contributed by atoms with Crippen molar-refractivity contribution in [1.29, 1.82) is 0 Å². The molecular formula is C18H23N3O5S. The summed E-state index contributed by atoms with van der Waals surface area (Å²) in [5, 5.41) is 0. The summed E-state index contributed by atoms with van der Waals surface area (Å²) in [6.45, 7) is 3.16. The topological polar surface area (TPSA) is 95.1 Å². The van der Waals surface area contributed by atoms with Crippen LogP contribution in [-0.4, -0.2) is 73.2 Å². The molecule has 0 unspecified atom stereocenters. The Hall–Kier alpha value is -2.42. The van der Waals surface area contributed by atoms with Crippen LogP contribution in [0.15, 0.2) is 24.3 Å². The summed E-state index contributed by atoms with van der Waals surface area (Å²) in [4.78, 5) is 41.5. The number of carbonyl (C=O) groups excluding carboxylic acids is 3. The zero-order valence-corrected chi connectivity index (χ0v) is 16.4. The third-order valence-corrected chi connectivity index (χ3v) is 6.95. The van der Waals surface area contributed by atoms with E-state index in [-0.39, 0.29) is 11.5 Å². The third kappa shape index (κ3) is 3.69. The number of nitrogens with zero attached hydrogens (tertiary/aromatic N) is 3. The fourth-order valence-corrected chi connectivity index (χ4v) is 5.22. The lowest BCUT2D eigenvalue weighted by Gasteiger charge is -2.25. The van der Waals surface area contributed by atoms with E-state index in [4.69, 9.17) is 0 Å². The first kappa shape index (κ1) is 19.3. The number of urea groups is 1. The molecule has 0 saturated carbocycles. The zero-order valence-electron chi connectivity index (χ0n) is 15.6. The first-order valence-corrected chi connectivity index (χ1v) is 10.6. The van der Waals surface area contributed by atoms with E-state index in [0.717, 1.165) is 10.5 Å². The Labute approximate surface area is 158 Å². The van der Waals surface area contributed by atoms with E-state index in [0.29, 0.717) is 12.1 Å². The van der Waals surface area contributed by atoms with Crippen LogP contribution in [0, 0.1) is 6.92 Å². The molecule has 2 aliphatic heterocycles. The monoisotopic (exact) mass is 393 g/mol. The first-order valence-electron chi connectivity index (χ1n) is 8.78. The largest absolute Gasteiger partial charge is 0.340 e. The number of hydrogen-bond acceptors (Lipinski definition) is 5. The second-order valence-electron chi connectivity index (χ2n) is 7.15. The molecule has 0 N–H and O–H groups in total. The molecule has 2 aliphatic rings. The van der Waals surface area contributed by atoms with Gasteiger partial charge in [-0.2, -0.15) is 0 Å². The molecule has 2 atom stereocenters. The molecule has 2 fully saturated rings. The second kappa shape index (κ2) is 6.95. The molecule has 2 heterocycles. The Morgan fingerprint density at radius 3 is 2.41 bits per heavy atom. The number of sulfone groups is 1. The minimum absolute atomic E-state index is 0.0507. The quantitative estimate of drug-likeness (QED) is 0.705. The number of aryl methyl sites for hydroxylation is 1. The minimum Gasteiger partial charge on any atom is -0.340 e. The normalized spacial score (nSPS) is 24.6. The van der Waals surface area contributed by atoms with Gasteiger partial charge in [0.1, 0.15) is 12.6 Å². The van der Waals surface area contributed by atoms with Gasteiger partial charge < -0.3 is 4.90 Å². The van der Waals surface area contributed by atoms with E-state index < -0.39 is 46.3 Å². The fraction of sp³-hybridized carbons (Fsp3) is 0.500. The van der Waals surface area contributed by atoms with Crippen LogP contribution in [0.1, 0.15) is 18.9 Å². The minimum atomic E-state index is -3.13. The summed E-state index contributed by atoms with van der Waals surface area (Å²) in [7, 11) is -1.62. The van der Waals surface area contributed by atoms with E-state index in [2.05, 4.69) is 0 Å². The van der Waals surface area contributed by atoms with Crippen LogP contribution in [0.4, 0.5) is 10.5 Å². The molecule has 8 nitrogen and oxygen atoms in total. The van der Waals surface area contributed by atoms with Gasteiger partial charge in [-0.1, -0.05) is 17.7 Å². The van der Waals surface area contributed by atoms with E-state index in [1.807, 2.05) is 19.1 Å². The Balaban J connectivity index is 1.73. The van der Waals surface area contributed by atoms with Crippen molar-refractivity contribution in [3.8, 4) is 0 Å². The Morgan fingerprint density at radius 1 is 1.22 bits per heavy atom. The van der Waals surface area contributed by atoms with Crippen molar-refractivity contribution in [3.63, 3.8) is 0 Å². The van der Waals surface area contributed by atoms with Gasteiger partial charge in [0.2, 0.25) is 5.91 Å². The Morgan fingerprint density at radius 2 is 1.85 bits per heavy atom. The molecule has 2 saturated heterocycles. The number of rotatable bonds is 4. The fourth-order valence-electron chi connectivity index (χ4n) is 3.44. The molecule has 0 aliphatic carbocycles. The van der Waals surface area contributed by atoms with Crippen LogP contribution < -0.4 is 4.90 Å². The molecule has 27 heavy (non-hydrogen) atoms. The number of likely N-dealkylation sites (N-methyl/N-ethyl adjacent to an activating group) is 1. The molecule has 9 heteroatoms. The predicted octanol–water partition coefficient (Wildman–Crippen LogP) is 0.798. The van der Waals surface area contributed by atoms with Crippen molar-refractivity contribution in [3.05, 3.63) is 29.8 Å². The standard InChI is InChI=1S/C18H23N3O5S/c1-12-4-6-14(7-5-12)21-13(2)17(23)20(18(21)24)10-16(22)19(3)15-8-9-27(25,26)11-15/h4-7,13,15H,8-11H2,1-3H3/t13-,15+/m0/s1. The van der Waals surface area contributed by atoms with Gasteiger partial charge in [-0.15, -0.1) is 0 Å². The number of carbonyl (C=O) groups is 3. The summed E-state index contributed by atoms with van der Waals surface area (Å²) in [5.41, 5.74) is 1.63. The zero-order chi connectivity index (χ0) is 19.9. The molecule has 3 rings (SSSR count). The highest BCUT2D eigenvalue weighted by molar-refractivity contribution is 7.91. The maximum absolute atomic E-state index is 12.8. The van der Waals surface area contributed by atoms with Crippen LogP contribution in [0.3, 0.4) is 0 Å². The van der Waals surface area contributed by atoms with E-state index in [9.17, 15) is 22.8 Å². The van der Waals surface area contributed by atoms with Crippen LogP contribution in [0.25, 0.3) is 0 Å². The molecule has 4 amide bonds. The lowest BCUT2D eigenvalue weighted by molar-refractivity contribution is -0.137. The van der Waals surface area contributed by atoms with Crippen LogP contribution in [-0.2, 0) is 19.4 Å². The highest BCUT2D eigenvalue weighted by Gasteiger charge is 2.45. The number of amides is 4. The molecule has 1 aromatic rings. The van der Waals surface area contributed by atoms with Gasteiger partial charge in [0.05, 0.1) is 11.5 Å². The van der Waals surface area contributed by atoms with Crippen LogP contribution >= 0.6 is 0 Å². The summed E-state index contributed by atoms with van der Waals surface area (Å²) >= 11 is 0. The molecule has 0 aromatic heterocycles. The highest BCUT2D eigenvalue weighted by atomic mass is 32.2. The van der Waals surface area contributed by atoms with Crippen molar-refractivity contribution in [2.45, 2.75) is 32.4 Å². The van der Waals surface area contributed by atoms with Gasteiger partial charge >= 0.3 is 6.03 Å². The average molecular weight is 393 g/mol. The lowest BCUT2D eigenvalue weighted by atomic mass is 10.2. The molecule has 0 bridgehead atoms. The first-order chi connectivity index (χ1) is 12.6. The second-order valence-corrected chi connectivity index (χ2v) is 9.38. The highest BCUT2D eigenvalue weighted by Crippen LogP contribution is 2.26. The van der Waals surface area contributed by atoms with Crippen molar-refractivity contribution in [2.75, 3.05) is 30.0 Å². The molecular weight excluding hydrogens is 370 g/mol. The van der Waals surface area contributed by atoms with Crippen LogP contribution in [0.2, 0.25) is 0 Å². The molecule has 146 valence electrons. The number of hydrogen-bond donors (Lipinski definition) is 0. The predicted molar refractivity (Wildman–Crippen MR) is 100 cm³/mol. The van der Waals surface area contributed by atoms with E-state index in [1.54, 1.807) is 19.1 Å². The summed E-state index contributed by atoms with van der Waals surface area (Å²) in [6.07, 6.45) is 0.373. The lowest BCUT2D eigenvalue weighted by Crippen LogP contribution is -2.46.